The van der Waals surface area contributed by atoms with Gasteiger partial charge in [-0.2, -0.15) is 0 Å². The monoisotopic (exact) mass is 634 g/mol. The number of carbonyl (C=O) groups is 2. The van der Waals surface area contributed by atoms with Crippen molar-refractivity contribution in [1.82, 2.24) is 10.6 Å². The van der Waals surface area contributed by atoms with Gasteiger partial charge in [0.05, 0.1) is 30.7 Å². The summed E-state index contributed by atoms with van der Waals surface area (Å²) in [6.45, 7) is 10.9. The third kappa shape index (κ3) is 14.8. The lowest BCUT2D eigenvalue weighted by atomic mass is 10.0. The first-order valence-corrected chi connectivity index (χ1v) is 14.1. The van der Waals surface area contributed by atoms with Crippen LogP contribution in [0.3, 0.4) is 0 Å². The molecule has 0 saturated carbocycles. The van der Waals surface area contributed by atoms with E-state index in [9.17, 15) is 32.3 Å². The van der Waals surface area contributed by atoms with Crippen molar-refractivity contribution in [2.45, 2.75) is 89.9 Å². The van der Waals surface area contributed by atoms with Gasteiger partial charge in [0.25, 0.3) is 0 Å². The highest BCUT2D eigenvalue weighted by Crippen LogP contribution is 2.20. The van der Waals surface area contributed by atoms with Gasteiger partial charge in [-0.3, -0.25) is 0 Å². The van der Waals surface area contributed by atoms with Gasteiger partial charge in [-0.1, -0.05) is 0 Å². The lowest BCUT2D eigenvalue weighted by Gasteiger charge is -2.26. The number of ether oxygens (including phenoxy) is 3. The Hall–Kier alpha value is -3.09. The van der Waals surface area contributed by atoms with Crippen LogP contribution in [0.2, 0.25) is 0 Å². The van der Waals surface area contributed by atoms with E-state index in [1.807, 2.05) is 0 Å². The summed E-state index contributed by atoms with van der Waals surface area (Å²) < 4.78 is 68.3. The molecule has 4 atom stereocenters. The molecule has 2 aromatic rings. The normalized spacial score (nSPS) is 16.6. The van der Waals surface area contributed by atoms with Crippen molar-refractivity contribution in [3.8, 4) is 0 Å². The number of aliphatic hydroxyl groups excluding tert-OH is 1. The number of benzene rings is 2. The number of amides is 2. The molecular formula is C30H39ClF4N2O6. The number of hydrogen-bond acceptors (Lipinski definition) is 6. The maximum atomic E-state index is 13.2. The number of carbonyl (C=O) groups excluding carboxylic acids is 2. The first-order valence-electron chi connectivity index (χ1n) is 13.6. The van der Waals surface area contributed by atoms with E-state index in [4.69, 9.17) is 25.8 Å². The van der Waals surface area contributed by atoms with Crippen molar-refractivity contribution < 1.29 is 46.5 Å². The Bertz CT molecular complexity index is 1190. The summed E-state index contributed by atoms with van der Waals surface area (Å²) in [5.74, 6) is -2.88. The maximum absolute atomic E-state index is 13.2. The largest absolute Gasteiger partial charge is 0.444 e. The molecule has 0 radical (unpaired) electrons. The van der Waals surface area contributed by atoms with Crippen molar-refractivity contribution in [2.75, 3.05) is 12.5 Å². The Kier molecular flexibility index (Phi) is 13.1. The second-order valence-electron chi connectivity index (χ2n) is 12.1. The quantitative estimate of drug-likeness (QED) is 0.183. The zero-order valence-corrected chi connectivity index (χ0v) is 25.7. The summed E-state index contributed by atoms with van der Waals surface area (Å²) in [4.78, 5) is 23.6. The smallest absolute Gasteiger partial charge is 0.407 e. The predicted molar refractivity (Wildman–Crippen MR) is 153 cm³/mol. The Morgan fingerprint density at radius 1 is 0.837 bits per heavy atom. The van der Waals surface area contributed by atoms with E-state index >= 15 is 0 Å². The molecule has 1 aliphatic rings. The minimum Gasteiger partial charge on any atom is -0.444 e. The first-order chi connectivity index (χ1) is 19.8. The van der Waals surface area contributed by atoms with Crippen molar-refractivity contribution in [2.24, 2.45) is 0 Å². The predicted octanol–water partition coefficient (Wildman–Crippen LogP) is 5.80. The van der Waals surface area contributed by atoms with E-state index < -0.39 is 58.8 Å². The minimum absolute atomic E-state index is 0.0157. The second kappa shape index (κ2) is 15.6. The minimum atomic E-state index is -1.08. The van der Waals surface area contributed by atoms with Gasteiger partial charge in [0.1, 0.15) is 40.6 Å². The third-order valence-corrected chi connectivity index (χ3v) is 5.91. The van der Waals surface area contributed by atoms with Crippen molar-refractivity contribution in [3.05, 3.63) is 70.8 Å². The number of nitrogens with one attached hydrogen (secondary N) is 2. The van der Waals surface area contributed by atoms with E-state index in [1.54, 1.807) is 41.5 Å². The Morgan fingerprint density at radius 3 is 1.60 bits per heavy atom. The molecule has 240 valence electrons. The number of epoxide rings is 1. The Labute approximate surface area is 254 Å². The molecule has 1 heterocycles. The lowest BCUT2D eigenvalue weighted by molar-refractivity contribution is 0.0438. The molecule has 0 bridgehead atoms. The molecule has 3 rings (SSSR count). The molecule has 3 N–H and O–H groups in total. The molecule has 1 aliphatic heterocycles. The van der Waals surface area contributed by atoms with Crippen molar-refractivity contribution in [3.63, 3.8) is 0 Å². The molecule has 0 aliphatic carbocycles. The van der Waals surface area contributed by atoms with Gasteiger partial charge >= 0.3 is 12.2 Å². The summed E-state index contributed by atoms with van der Waals surface area (Å²) in [6, 6.07) is 5.12. The van der Waals surface area contributed by atoms with Gasteiger partial charge in [0.2, 0.25) is 0 Å². The van der Waals surface area contributed by atoms with E-state index in [0.29, 0.717) is 17.7 Å². The summed E-state index contributed by atoms with van der Waals surface area (Å²) in [6.07, 6.45) is -2.25. The van der Waals surface area contributed by atoms with Gasteiger partial charge in [0, 0.05) is 12.1 Å². The third-order valence-electron chi connectivity index (χ3n) is 5.59. The van der Waals surface area contributed by atoms with Crippen molar-refractivity contribution in [1.29, 1.82) is 0 Å². The topological polar surface area (TPSA) is 109 Å². The van der Waals surface area contributed by atoms with Crippen molar-refractivity contribution >= 4 is 23.8 Å². The van der Waals surface area contributed by atoms with E-state index in [2.05, 4.69) is 10.6 Å². The molecule has 0 aromatic heterocycles. The summed E-state index contributed by atoms with van der Waals surface area (Å²) in [5, 5.41) is 15.0. The fourth-order valence-electron chi connectivity index (χ4n) is 3.84. The fourth-order valence-corrected chi connectivity index (χ4v) is 4.05. The van der Waals surface area contributed by atoms with Crippen LogP contribution in [0.1, 0.15) is 52.7 Å². The standard InChI is InChI=1S/C15H20ClF2NO3.C15H19F2NO3/c1-15(2,3)22-14(21)19-12(13(20)8-16)6-9-4-10(17)7-11(18)5-9;1-15(2,3)21-14(19)18-12(13-8-20-13)6-9-4-10(16)7-11(17)5-9/h4-5,7,12-13,20H,6,8H2,1-3H3,(H,19,21);4-5,7,12-13H,6,8H2,1-3H3,(H,18,19)/t2*12-,13+/m00/s1. The number of alkyl carbamates (subject to hydrolysis) is 2. The zero-order chi connectivity index (χ0) is 32.5. The molecule has 8 nitrogen and oxygen atoms in total. The van der Waals surface area contributed by atoms with Gasteiger partial charge in [-0.25, -0.2) is 27.2 Å². The summed E-state index contributed by atoms with van der Waals surface area (Å²) in [5.41, 5.74) is -0.554. The molecule has 2 aromatic carbocycles. The zero-order valence-electron chi connectivity index (χ0n) is 25.0. The van der Waals surface area contributed by atoms with Gasteiger partial charge < -0.3 is 30.0 Å². The Balaban J connectivity index is 0.000000300. The molecular weight excluding hydrogens is 596 g/mol. The molecule has 0 spiro atoms. The van der Waals surface area contributed by atoms with E-state index in [0.717, 1.165) is 24.3 Å². The number of alkyl halides is 1. The first kappa shape index (κ1) is 36.1. The maximum Gasteiger partial charge on any atom is 0.407 e. The Morgan fingerprint density at radius 2 is 1.23 bits per heavy atom. The molecule has 1 fully saturated rings. The average molecular weight is 635 g/mol. The van der Waals surface area contributed by atoms with Gasteiger partial charge in [-0.15, -0.1) is 11.6 Å². The number of halogens is 5. The molecule has 0 unspecified atom stereocenters. The van der Waals surface area contributed by atoms with Crippen LogP contribution in [-0.2, 0) is 27.1 Å². The average Bonchev–Trinajstić information content (AvgIpc) is 3.65. The van der Waals surface area contributed by atoms with Crippen LogP contribution in [0.25, 0.3) is 0 Å². The number of rotatable bonds is 9. The number of aliphatic hydroxyl groups is 1. The fraction of sp³-hybridized carbons (Fsp3) is 0.533. The molecule has 2 amide bonds. The molecule has 13 heteroatoms. The van der Waals surface area contributed by atoms with Gasteiger partial charge in [-0.05, 0) is 89.8 Å². The number of hydrogen-bond donors (Lipinski definition) is 3. The van der Waals surface area contributed by atoms with Crippen LogP contribution in [0.5, 0.6) is 0 Å². The molecule has 1 saturated heterocycles. The lowest BCUT2D eigenvalue weighted by Crippen LogP contribution is -2.47. The van der Waals surface area contributed by atoms with Crippen LogP contribution in [0.4, 0.5) is 27.2 Å². The SMILES string of the molecule is CC(C)(C)OC(=O)N[C@@H](Cc1cc(F)cc(F)c1)[C@H](O)CCl.CC(C)(C)OC(=O)N[C@@H](Cc1cc(F)cc(F)c1)[C@H]1CO1. The van der Waals surface area contributed by atoms with Crippen LogP contribution in [-0.4, -0.2) is 65.3 Å². The highest BCUT2D eigenvalue weighted by atomic mass is 35.5. The molecule has 43 heavy (non-hydrogen) atoms. The van der Waals surface area contributed by atoms with Crippen LogP contribution >= 0.6 is 11.6 Å². The van der Waals surface area contributed by atoms with Crippen LogP contribution < -0.4 is 10.6 Å². The summed E-state index contributed by atoms with van der Waals surface area (Å²) >= 11 is 5.60. The van der Waals surface area contributed by atoms with E-state index in [-0.39, 0.29) is 30.9 Å². The van der Waals surface area contributed by atoms with Gasteiger partial charge in [0.15, 0.2) is 0 Å². The van der Waals surface area contributed by atoms with Crippen LogP contribution in [0.15, 0.2) is 36.4 Å². The van der Waals surface area contributed by atoms with E-state index in [1.165, 1.54) is 12.1 Å². The highest BCUT2D eigenvalue weighted by Gasteiger charge is 2.35. The highest BCUT2D eigenvalue weighted by molar-refractivity contribution is 6.18. The second-order valence-corrected chi connectivity index (χ2v) is 12.4. The summed E-state index contributed by atoms with van der Waals surface area (Å²) in [7, 11) is 0. The van der Waals surface area contributed by atoms with Crippen LogP contribution in [0, 0.1) is 23.3 Å².